The summed E-state index contributed by atoms with van der Waals surface area (Å²) in [4.78, 5) is 10.8. The van der Waals surface area contributed by atoms with Gasteiger partial charge in [0.05, 0.1) is 0 Å². The van der Waals surface area contributed by atoms with Crippen LogP contribution in [0.25, 0.3) is 0 Å². The van der Waals surface area contributed by atoms with Gasteiger partial charge in [-0.2, -0.15) is 0 Å². The Kier molecular flexibility index (Phi) is 1.97. The van der Waals surface area contributed by atoms with Crippen molar-refractivity contribution in [2.75, 3.05) is 6.61 Å². The summed E-state index contributed by atoms with van der Waals surface area (Å²) in [5, 5.41) is 18.5. The Morgan fingerprint density at radius 1 is 1.82 bits per heavy atom. The lowest BCUT2D eigenvalue weighted by Crippen LogP contribution is -2.42. The van der Waals surface area contributed by atoms with E-state index in [0.717, 1.165) is 0 Å². The van der Waals surface area contributed by atoms with E-state index < -0.39 is 17.7 Å². The molecule has 4 heteroatoms. The highest BCUT2D eigenvalue weighted by Gasteiger charge is 2.48. The van der Waals surface area contributed by atoms with Gasteiger partial charge in [0.15, 0.2) is 0 Å². The number of aliphatic hydroxyl groups excluding tert-OH is 1. The third-order valence-electron chi connectivity index (χ3n) is 1.63. The van der Waals surface area contributed by atoms with E-state index >= 15 is 0 Å². The van der Waals surface area contributed by atoms with E-state index in [9.17, 15) is 9.90 Å². The summed E-state index contributed by atoms with van der Waals surface area (Å²) >= 11 is 0. The van der Waals surface area contributed by atoms with Gasteiger partial charge in [-0.3, -0.25) is 0 Å². The standard InChI is InChI=1S/C7H10O4/c1-2-3-7(10)5(8)4-11-6(7)9/h2-3,5,8,10H,4H2,1H3. The van der Waals surface area contributed by atoms with Crippen LogP contribution in [0.5, 0.6) is 0 Å². The van der Waals surface area contributed by atoms with Crippen molar-refractivity contribution in [2.24, 2.45) is 0 Å². The molecule has 4 nitrogen and oxygen atoms in total. The van der Waals surface area contributed by atoms with E-state index in [-0.39, 0.29) is 6.61 Å². The highest BCUT2D eigenvalue weighted by Crippen LogP contribution is 2.21. The molecule has 1 aliphatic heterocycles. The number of rotatable bonds is 1. The molecule has 62 valence electrons. The van der Waals surface area contributed by atoms with Gasteiger partial charge >= 0.3 is 5.97 Å². The first-order chi connectivity index (χ1) is 5.11. The number of hydrogen-bond acceptors (Lipinski definition) is 4. The molecule has 0 aromatic rings. The Morgan fingerprint density at radius 3 is 2.82 bits per heavy atom. The first-order valence-electron chi connectivity index (χ1n) is 3.33. The molecular weight excluding hydrogens is 148 g/mol. The molecule has 2 unspecified atom stereocenters. The number of carbonyl (C=O) groups excluding carboxylic acids is 1. The zero-order chi connectivity index (χ0) is 8.48. The average molecular weight is 158 g/mol. The molecule has 2 N–H and O–H groups in total. The molecule has 0 aliphatic carbocycles. The molecule has 2 atom stereocenters. The summed E-state index contributed by atoms with van der Waals surface area (Å²) in [7, 11) is 0. The summed E-state index contributed by atoms with van der Waals surface area (Å²) in [6.45, 7) is 1.51. The SMILES string of the molecule is CC=CC1(O)C(=O)OCC1O. The molecule has 0 saturated carbocycles. The van der Waals surface area contributed by atoms with Crippen molar-refractivity contribution in [3.63, 3.8) is 0 Å². The van der Waals surface area contributed by atoms with Crippen molar-refractivity contribution >= 4 is 5.97 Å². The van der Waals surface area contributed by atoms with Gasteiger partial charge in [0.2, 0.25) is 5.60 Å². The van der Waals surface area contributed by atoms with Crippen LogP contribution in [0.15, 0.2) is 12.2 Å². The van der Waals surface area contributed by atoms with E-state index in [1.807, 2.05) is 0 Å². The fourth-order valence-electron chi connectivity index (χ4n) is 0.967. The number of cyclic esters (lactones) is 1. The minimum atomic E-state index is -1.82. The Morgan fingerprint density at radius 2 is 2.45 bits per heavy atom. The smallest absolute Gasteiger partial charge is 0.345 e. The number of aliphatic hydroxyl groups is 2. The minimum absolute atomic E-state index is 0.139. The number of hydrogen-bond donors (Lipinski definition) is 2. The van der Waals surface area contributed by atoms with Gasteiger partial charge in [0.1, 0.15) is 12.7 Å². The molecule has 1 aliphatic rings. The van der Waals surface area contributed by atoms with Gasteiger partial charge in [-0.1, -0.05) is 6.08 Å². The van der Waals surface area contributed by atoms with Gasteiger partial charge in [0.25, 0.3) is 0 Å². The summed E-state index contributed by atoms with van der Waals surface area (Å²) in [5.41, 5.74) is -1.82. The van der Waals surface area contributed by atoms with Crippen molar-refractivity contribution in [1.82, 2.24) is 0 Å². The summed E-state index contributed by atoms with van der Waals surface area (Å²) in [5.74, 6) is -0.789. The first-order valence-corrected chi connectivity index (χ1v) is 3.33. The normalized spacial score (nSPS) is 38.1. The van der Waals surface area contributed by atoms with Crippen molar-refractivity contribution < 1.29 is 19.7 Å². The lowest BCUT2D eigenvalue weighted by Gasteiger charge is -2.15. The number of ether oxygens (including phenoxy) is 1. The van der Waals surface area contributed by atoms with Crippen LogP contribution in [0.2, 0.25) is 0 Å². The Hall–Kier alpha value is -0.870. The zero-order valence-electron chi connectivity index (χ0n) is 6.15. The van der Waals surface area contributed by atoms with Gasteiger partial charge in [0, 0.05) is 0 Å². The molecule has 0 aromatic carbocycles. The minimum Gasteiger partial charge on any atom is -0.460 e. The maximum atomic E-state index is 10.8. The predicted octanol–water partition coefficient (Wildman–Crippen LogP) is -0.789. The Labute approximate surface area is 64.1 Å². The van der Waals surface area contributed by atoms with Crippen molar-refractivity contribution in [3.05, 3.63) is 12.2 Å². The highest BCUT2D eigenvalue weighted by atomic mass is 16.6. The maximum Gasteiger partial charge on any atom is 0.345 e. The highest BCUT2D eigenvalue weighted by molar-refractivity contribution is 5.84. The molecule has 11 heavy (non-hydrogen) atoms. The van der Waals surface area contributed by atoms with E-state index in [1.54, 1.807) is 6.92 Å². The Bertz CT molecular complexity index is 199. The van der Waals surface area contributed by atoms with Crippen LogP contribution in [0.1, 0.15) is 6.92 Å². The van der Waals surface area contributed by atoms with Crippen molar-refractivity contribution in [1.29, 1.82) is 0 Å². The maximum absolute atomic E-state index is 10.8. The Balaban J connectivity index is 2.88. The van der Waals surface area contributed by atoms with E-state index in [1.165, 1.54) is 12.2 Å². The first kappa shape index (κ1) is 8.23. The molecule has 1 fully saturated rings. The lowest BCUT2D eigenvalue weighted by atomic mass is 9.99. The van der Waals surface area contributed by atoms with Gasteiger partial charge in [-0.05, 0) is 13.0 Å². The van der Waals surface area contributed by atoms with Gasteiger partial charge in [-0.25, -0.2) is 4.79 Å². The largest absolute Gasteiger partial charge is 0.460 e. The van der Waals surface area contributed by atoms with Crippen molar-refractivity contribution in [3.8, 4) is 0 Å². The zero-order valence-corrected chi connectivity index (χ0v) is 6.15. The summed E-state index contributed by atoms with van der Waals surface area (Å²) in [6.07, 6.45) is 1.58. The molecule has 0 amide bonds. The molecule has 0 radical (unpaired) electrons. The second-order valence-electron chi connectivity index (χ2n) is 2.44. The van der Waals surface area contributed by atoms with Gasteiger partial charge < -0.3 is 14.9 Å². The van der Waals surface area contributed by atoms with E-state index in [0.29, 0.717) is 0 Å². The van der Waals surface area contributed by atoms with E-state index in [2.05, 4.69) is 4.74 Å². The lowest BCUT2D eigenvalue weighted by molar-refractivity contribution is -0.151. The topological polar surface area (TPSA) is 66.8 Å². The molecule has 0 aromatic heterocycles. The van der Waals surface area contributed by atoms with Crippen molar-refractivity contribution in [2.45, 2.75) is 18.6 Å². The summed E-state index contributed by atoms with van der Waals surface area (Å²) < 4.78 is 4.44. The van der Waals surface area contributed by atoms with Crippen LogP contribution < -0.4 is 0 Å². The van der Waals surface area contributed by atoms with Crippen LogP contribution in [-0.4, -0.2) is 34.5 Å². The monoisotopic (exact) mass is 158 g/mol. The molecule has 0 bridgehead atoms. The van der Waals surface area contributed by atoms with Crippen LogP contribution in [-0.2, 0) is 9.53 Å². The molecule has 1 heterocycles. The number of esters is 1. The van der Waals surface area contributed by atoms with Crippen LogP contribution in [0.3, 0.4) is 0 Å². The van der Waals surface area contributed by atoms with E-state index in [4.69, 9.17) is 5.11 Å². The number of carbonyl (C=O) groups is 1. The second-order valence-corrected chi connectivity index (χ2v) is 2.44. The molecule has 0 spiro atoms. The molecule has 1 saturated heterocycles. The third-order valence-corrected chi connectivity index (χ3v) is 1.63. The van der Waals surface area contributed by atoms with Crippen LogP contribution >= 0.6 is 0 Å². The summed E-state index contributed by atoms with van der Waals surface area (Å²) in [6, 6.07) is 0. The third kappa shape index (κ3) is 1.15. The predicted molar refractivity (Wildman–Crippen MR) is 36.7 cm³/mol. The molecular formula is C7H10O4. The fraction of sp³-hybridized carbons (Fsp3) is 0.571. The van der Waals surface area contributed by atoms with Crippen LogP contribution in [0, 0.1) is 0 Å². The number of allylic oxidation sites excluding steroid dienone is 1. The van der Waals surface area contributed by atoms with Gasteiger partial charge in [-0.15, -0.1) is 0 Å². The fourth-order valence-corrected chi connectivity index (χ4v) is 0.967. The molecule has 1 rings (SSSR count). The van der Waals surface area contributed by atoms with Crippen LogP contribution in [0.4, 0.5) is 0 Å². The quantitative estimate of drug-likeness (QED) is 0.387. The second kappa shape index (κ2) is 2.64. The average Bonchev–Trinajstić information content (AvgIpc) is 2.19.